The minimum absolute atomic E-state index is 0.112. The summed E-state index contributed by atoms with van der Waals surface area (Å²) >= 11 is 16.5. The molecule has 124 valence electrons. The fourth-order valence-electron chi connectivity index (χ4n) is 3.88. The lowest BCUT2D eigenvalue weighted by atomic mass is 9.77. The number of anilines is 1. The van der Waals surface area contributed by atoms with Crippen LogP contribution >= 0.6 is 39.1 Å². The minimum Gasteiger partial charge on any atom is -0.496 e. The summed E-state index contributed by atoms with van der Waals surface area (Å²) in [6.45, 7) is 0. The highest BCUT2D eigenvalue weighted by Crippen LogP contribution is 2.54. The highest BCUT2D eigenvalue weighted by Gasteiger charge is 2.40. The van der Waals surface area contributed by atoms with Gasteiger partial charge in [0.15, 0.2) is 0 Å². The number of rotatable bonds is 2. The van der Waals surface area contributed by atoms with Crippen molar-refractivity contribution < 1.29 is 4.74 Å². The summed E-state index contributed by atoms with van der Waals surface area (Å²) in [6.07, 6.45) is 5.49. The van der Waals surface area contributed by atoms with Crippen LogP contribution in [0.2, 0.25) is 10.0 Å². The fraction of sp³-hybridized carbons (Fsp3) is 0.263. The van der Waals surface area contributed by atoms with E-state index in [-0.39, 0.29) is 12.0 Å². The van der Waals surface area contributed by atoms with Crippen molar-refractivity contribution in [3.63, 3.8) is 0 Å². The number of hydrogen-bond donors (Lipinski definition) is 1. The molecule has 2 aromatic carbocycles. The van der Waals surface area contributed by atoms with Crippen LogP contribution in [0.25, 0.3) is 0 Å². The zero-order chi connectivity index (χ0) is 16.8. The topological polar surface area (TPSA) is 21.3 Å². The molecule has 0 saturated heterocycles. The summed E-state index contributed by atoms with van der Waals surface area (Å²) in [6, 6.07) is 9.95. The predicted octanol–water partition coefficient (Wildman–Crippen LogP) is 6.59. The van der Waals surface area contributed by atoms with E-state index in [0.29, 0.717) is 10.9 Å². The first kappa shape index (κ1) is 16.3. The van der Waals surface area contributed by atoms with E-state index in [9.17, 15) is 0 Å². The molecular weight excluding hydrogens is 409 g/mol. The van der Waals surface area contributed by atoms with E-state index >= 15 is 0 Å². The molecule has 2 aromatic rings. The molecular formula is C19H16BrCl2NO. The second kappa shape index (κ2) is 6.29. The van der Waals surface area contributed by atoms with Gasteiger partial charge in [0.05, 0.1) is 23.9 Å². The highest BCUT2D eigenvalue weighted by molar-refractivity contribution is 9.10. The van der Waals surface area contributed by atoms with Gasteiger partial charge in [-0.1, -0.05) is 51.3 Å². The van der Waals surface area contributed by atoms with Gasteiger partial charge in [-0.2, -0.15) is 0 Å². The Morgan fingerprint density at radius 2 is 1.96 bits per heavy atom. The number of fused-ring (bicyclic) bond motifs is 3. The minimum atomic E-state index is 0.112. The molecule has 2 aliphatic rings. The third kappa shape index (κ3) is 2.54. The van der Waals surface area contributed by atoms with E-state index in [0.717, 1.165) is 38.5 Å². The van der Waals surface area contributed by atoms with Crippen LogP contribution < -0.4 is 10.1 Å². The van der Waals surface area contributed by atoms with Crippen molar-refractivity contribution in [3.05, 3.63) is 68.1 Å². The van der Waals surface area contributed by atoms with Crippen molar-refractivity contribution in [2.45, 2.75) is 18.4 Å². The molecule has 0 saturated carbocycles. The first-order chi connectivity index (χ1) is 11.6. The first-order valence-corrected chi connectivity index (χ1v) is 9.39. The average Bonchev–Trinajstić information content (AvgIpc) is 3.06. The second-order valence-electron chi connectivity index (χ2n) is 6.18. The normalized spacial score (nSPS) is 24.2. The molecule has 1 aliphatic heterocycles. The Hall–Kier alpha value is -1.16. The molecule has 5 heteroatoms. The number of allylic oxidation sites excluding steroid dienone is 2. The lowest BCUT2D eigenvalue weighted by Gasteiger charge is -2.38. The third-order valence-corrected chi connectivity index (χ3v) is 6.08. The molecule has 1 N–H and O–H groups in total. The molecule has 0 amide bonds. The molecule has 0 aromatic heterocycles. The molecule has 0 unspecified atom stereocenters. The monoisotopic (exact) mass is 423 g/mol. The molecule has 0 spiro atoms. The van der Waals surface area contributed by atoms with Gasteiger partial charge in [0.25, 0.3) is 0 Å². The van der Waals surface area contributed by atoms with Crippen molar-refractivity contribution in [2.75, 3.05) is 12.4 Å². The van der Waals surface area contributed by atoms with Crippen molar-refractivity contribution in [1.29, 1.82) is 0 Å². The first-order valence-electron chi connectivity index (χ1n) is 7.84. The fourth-order valence-corrected chi connectivity index (χ4v) is 4.77. The summed E-state index contributed by atoms with van der Waals surface area (Å²) in [7, 11) is 1.71. The number of halogens is 3. The van der Waals surface area contributed by atoms with Gasteiger partial charge in [0.2, 0.25) is 0 Å². The Morgan fingerprint density at radius 1 is 1.17 bits per heavy atom. The van der Waals surface area contributed by atoms with Gasteiger partial charge < -0.3 is 10.1 Å². The van der Waals surface area contributed by atoms with E-state index in [1.165, 1.54) is 0 Å². The average molecular weight is 425 g/mol. The second-order valence-corrected chi connectivity index (χ2v) is 7.91. The Kier molecular flexibility index (Phi) is 4.27. The number of methoxy groups -OCH3 is 1. The number of hydrogen-bond acceptors (Lipinski definition) is 2. The smallest absolute Gasteiger partial charge is 0.124 e. The summed E-state index contributed by atoms with van der Waals surface area (Å²) in [5.41, 5.74) is 3.17. The molecule has 24 heavy (non-hydrogen) atoms. The highest BCUT2D eigenvalue weighted by atomic mass is 79.9. The van der Waals surface area contributed by atoms with Gasteiger partial charge in [-0.05, 0) is 42.7 Å². The maximum atomic E-state index is 6.49. The van der Waals surface area contributed by atoms with Gasteiger partial charge in [-0.15, -0.1) is 0 Å². The molecule has 0 bridgehead atoms. The molecule has 3 atom stereocenters. The van der Waals surface area contributed by atoms with E-state index in [1.807, 2.05) is 24.3 Å². The summed E-state index contributed by atoms with van der Waals surface area (Å²) in [4.78, 5) is 0. The van der Waals surface area contributed by atoms with Crippen molar-refractivity contribution >= 4 is 44.8 Å². The molecule has 4 rings (SSSR count). The van der Waals surface area contributed by atoms with Crippen molar-refractivity contribution in [3.8, 4) is 5.75 Å². The van der Waals surface area contributed by atoms with Gasteiger partial charge in [-0.3, -0.25) is 0 Å². The Bertz CT molecular complexity index is 836. The third-order valence-electron chi connectivity index (χ3n) is 4.94. The van der Waals surface area contributed by atoms with Crippen LogP contribution in [0.15, 0.2) is 47.0 Å². The van der Waals surface area contributed by atoms with Crippen LogP contribution in [0, 0.1) is 5.92 Å². The lowest BCUT2D eigenvalue weighted by Crippen LogP contribution is -2.29. The van der Waals surface area contributed by atoms with Crippen LogP contribution in [-0.2, 0) is 0 Å². The van der Waals surface area contributed by atoms with Gasteiger partial charge in [0, 0.05) is 26.5 Å². The molecule has 0 fully saturated rings. The number of benzene rings is 2. The van der Waals surface area contributed by atoms with Crippen molar-refractivity contribution in [1.82, 2.24) is 0 Å². The van der Waals surface area contributed by atoms with Crippen LogP contribution in [0.4, 0.5) is 5.69 Å². The molecule has 1 heterocycles. The quantitative estimate of drug-likeness (QED) is 0.549. The maximum Gasteiger partial charge on any atom is 0.124 e. The van der Waals surface area contributed by atoms with E-state index < -0.39 is 0 Å². The zero-order valence-corrected chi connectivity index (χ0v) is 16.1. The number of ether oxygens (including phenoxy) is 1. The van der Waals surface area contributed by atoms with Crippen molar-refractivity contribution in [2.24, 2.45) is 5.92 Å². The Labute approximate surface area is 159 Å². The maximum absolute atomic E-state index is 6.49. The summed E-state index contributed by atoms with van der Waals surface area (Å²) < 4.78 is 6.64. The van der Waals surface area contributed by atoms with Gasteiger partial charge in [0.1, 0.15) is 5.75 Å². The predicted molar refractivity (Wildman–Crippen MR) is 104 cm³/mol. The molecule has 1 aliphatic carbocycles. The van der Waals surface area contributed by atoms with E-state index in [4.69, 9.17) is 27.9 Å². The standard InChI is InChI=1S/C19H16BrCl2NO/c1-24-16-8-5-10(20)9-13(16)18-12-4-2-3-11(12)17-14(21)6-7-15(22)19(17)23-18/h2-3,5-9,11-12,18,23H,4H2,1H3/t11-,12+,18-/m1/s1. The van der Waals surface area contributed by atoms with Gasteiger partial charge >= 0.3 is 0 Å². The zero-order valence-electron chi connectivity index (χ0n) is 13.0. The lowest BCUT2D eigenvalue weighted by molar-refractivity contribution is 0.381. The summed E-state index contributed by atoms with van der Waals surface area (Å²) in [5.74, 6) is 1.53. The van der Waals surface area contributed by atoms with Crippen LogP contribution in [0.1, 0.15) is 29.5 Å². The Morgan fingerprint density at radius 3 is 2.75 bits per heavy atom. The Balaban J connectivity index is 1.88. The number of nitrogens with one attached hydrogen (secondary N) is 1. The summed E-state index contributed by atoms with van der Waals surface area (Å²) in [5, 5.41) is 5.11. The van der Waals surface area contributed by atoms with Crippen LogP contribution in [0.3, 0.4) is 0 Å². The van der Waals surface area contributed by atoms with E-state index in [1.54, 1.807) is 7.11 Å². The SMILES string of the molecule is COc1ccc(Br)cc1[C@@H]1Nc2c(Cl)ccc(Cl)c2[C@@H]2C=CC[C@@H]21. The van der Waals surface area contributed by atoms with E-state index in [2.05, 4.69) is 39.5 Å². The van der Waals surface area contributed by atoms with Gasteiger partial charge in [-0.25, -0.2) is 0 Å². The molecule has 2 nitrogen and oxygen atoms in total. The van der Waals surface area contributed by atoms with Crippen LogP contribution in [-0.4, -0.2) is 7.11 Å². The largest absolute Gasteiger partial charge is 0.496 e. The molecule has 0 radical (unpaired) electrons. The van der Waals surface area contributed by atoms with Crippen LogP contribution in [0.5, 0.6) is 5.75 Å².